The smallest absolute Gasteiger partial charge is 0.0253 e. The topological polar surface area (TPSA) is 0 Å². The summed E-state index contributed by atoms with van der Waals surface area (Å²) in [5.74, 6) is 0. The van der Waals surface area contributed by atoms with Gasteiger partial charge in [-0.25, -0.2) is 0 Å². The molecule has 0 saturated carbocycles. The summed E-state index contributed by atoms with van der Waals surface area (Å²) in [6.45, 7) is 13.2. The van der Waals surface area contributed by atoms with E-state index in [0.717, 1.165) is 22.9 Å². The van der Waals surface area contributed by atoms with Crippen LogP contribution in [-0.4, -0.2) is 0 Å². The third-order valence-electron chi connectivity index (χ3n) is 5.02. The monoisotopic (exact) mass is 344 g/mol. The Morgan fingerprint density at radius 1 is 0.700 bits per heavy atom. The van der Waals surface area contributed by atoms with Crippen LogP contribution in [0.3, 0.4) is 0 Å². The molecule has 0 spiro atoms. The maximum absolute atomic E-state index is 6.34. The third-order valence-corrected chi connectivity index (χ3v) is 5.85. The predicted molar refractivity (Wildman–Crippen MR) is 85.5 cm³/mol. The minimum absolute atomic E-state index is 0. The number of allylic oxidation sites excluding steroid dienone is 8. The molecule has 3 heteroatoms. The van der Waals surface area contributed by atoms with Crippen molar-refractivity contribution in [1.82, 2.24) is 0 Å². The van der Waals surface area contributed by atoms with Gasteiger partial charge in [0.25, 0.3) is 0 Å². The molecule has 0 atom stereocenters. The summed E-state index contributed by atoms with van der Waals surface area (Å²) in [6, 6.07) is 0. The molecule has 2 rings (SSSR count). The summed E-state index contributed by atoms with van der Waals surface area (Å²) < 4.78 is 0. The van der Waals surface area contributed by atoms with Gasteiger partial charge in [0.05, 0.1) is 0 Å². The van der Waals surface area contributed by atoms with E-state index in [9.17, 15) is 0 Å². The molecule has 0 heterocycles. The summed E-state index contributed by atoms with van der Waals surface area (Å²) in [5.41, 5.74) is 8.14. The summed E-state index contributed by atoms with van der Waals surface area (Å²) in [7, 11) is 0. The first-order valence-electron chi connectivity index (χ1n) is 6.79. The predicted octanol–water partition coefficient (Wildman–Crippen LogP) is 6.48. The maximum atomic E-state index is 6.34. The Morgan fingerprint density at radius 3 is 1.20 bits per heavy atom. The molecule has 20 heavy (non-hydrogen) atoms. The molecule has 0 bridgehead atoms. The molecular formula is C17H22Cl2Ti. The second-order valence-corrected chi connectivity index (χ2v) is 7.16. The number of hydrogen-bond acceptors (Lipinski definition) is 0. The van der Waals surface area contributed by atoms with E-state index in [1.54, 1.807) is 0 Å². The molecule has 0 aromatic rings. The fraction of sp³-hybridized carbons (Fsp3) is 0.529. The van der Waals surface area contributed by atoms with Crippen molar-refractivity contribution in [2.75, 3.05) is 0 Å². The first-order chi connectivity index (χ1) is 8.67. The van der Waals surface area contributed by atoms with Crippen LogP contribution in [0.25, 0.3) is 0 Å². The quantitative estimate of drug-likeness (QED) is 0.503. The van der Waals surface area contributed by atoms with E-state index >= 15 is 0 Å². The second kappa shape index (κ2) is 6.17. The van der Waals surface area contributed by atoms with Crippen molar-refractivity contribution >= 4 is 23.2 Å². The van der Waals surface area contributed by atoms with Crippen LogP contribution in [0.1, 0.15) is 54.4 Å². The molecule has 2 aliphatic carbocycles. The number of hydrogen-bond donors (Lipinski definition) is 0. The Balaban J connectivity index is 0.00000200. The molecule has 0 saturated heterocycles. The van der Waals surface area contributed by atoms with Gasteiger partial charge < -0.3 is 0 Å². The van der Waals surface area contributed by atoms with Crippen LogP contribution in [0.15, 0.2) is 43.5 Å². The van der Waals surface area contributed by atoms with Crippen LogP contribution in [0, 0.1) is 5.41 Å². The minimum Gasteiger partial charge on any atom is -0.0885 e. The second-order valence-electron chi connectivity index (χ2n) is 6.25. The standard InChI is InChI=1S/C17H22Cl2.Ti/c1-9-11(3)15(18)7-13(9)17(5,6)14-8-16(19)12(4)10(14)2;/h7-8H2,1-6H3;. The van der Waals surface area contributed by atoms with E-state index in [4.69, 9.17) is 23.2 Å². The Labute approximate surface area is 147 Å². The van der Waals surface area contributed by atoms with Gasteiger partial charge in [-0.1, -0.05) is 48.2 Å². The molecule has 2 aliphatic rings. The van der Waals surface area contributed by atoms with Gasteiger partial charge in [-0.2, -0.15) is 0 Å². The van der Waals surface area contributed by atoms with Crippen LogP contribution in [0.4, 0.5) is 0 Å². The zero-order valence-electron chi connectivity index (χ0n) is 13.2. The van der Waals surface area contributed by atoms with Crippen LogP contribution < -0.4 is 0 Å². The van der Waals surface area contributed by atoms with E-state index < -0.39 is 0 Å². The van der Waals surface area contributed by atoms with Crippen molar-refractivity contribution in [1.29, 1.82) is 0 Å². The third kappa shape index (κ3) is 2.77. The van der Waals surface area contributed by atoms with E-state index in [0.29, 0.717) is 0 Å². The Bertz CT molecular complexity index is 522. The van der Waals surface area contributed by atoms with Gasteiger partial charge in [-0.05, 0) is 50.0 Å². The molecule has 0 aliphatic heterocycles. The zero-order valence-corrected chi connectivity index (χ0v) is 16.2. The van der Waals surface area contributed by atoms with Gasteiger partial charge in [0.15, 0.2) is 0 Å². The molecular weight excluding hydrogens is 323 g/mol. The van der Waals surface area contributed by atoms with Crippen molar-refractivity contribution in [3.8, 4) is 0 Å². The van der Waals surface area contributed by atoms with Crippen molar-refractivity contribution < 1.29 is 21.7 Å². The molecule has 0 aromatic heterocycles. The fourth-order valence-electron chi connectivity index (χ4n) is 3.26. The van der Waals surface area contributed by atoms with Crippen LogP contribution in [0.2, 0.25) is 0 Å². The van der Waals surface area contributed by atoms with Gasteiger partial charge in [0.2, 0.25) is 0 Å². The first-order valence-corrected chi connectivity index (χ1v) is 7.55. The van der Waals surface area contributed by atoms with E-state index in [1.807, 2.05) is 0 Å². The zero-order chi connectivity index (χ0) is 14.5. The minimum atomic E-state index is 0. The summed E-state index contributed by atoms with van der Waals surface area (Å²) in [5, 5.41) is 1.99. The van der Waals surface area contributed by atoms with Crippen molar-refractivity contribution in [3.05, 3.63) is 43.5 Å². The van der Waals surface area contributed by atoms with Crippen LogP contribution in [-0.2, 0) is 21.7 Å². The summed E-state index contributed by atoms with van der Waals surface area (Å²) in [4.78, 5) is 0. The molecule has 0 unspecified atom stereocenters. The molecule has 0 nitrogen and oxygen atoms in total. The first kappa shape index (κ1) is 18.3. The van der Waals surface area contributed by atoms with E-state index in [1.165, 1.54) is 33.4 Å². The largest absolute Gasteiger partial charge is 0.0885 e. The molecule has 0 amide bonds. The SMILES string of the molecule is CC1=C(Cl)CC(C(C)(C)C2=C(C)C(C)=C(Cl)C2)=C1C.[Ti]. The molecule has 0 fully saturated rings. The normalized spacial score (nSPS) is 20.4. The van der Waals surface area contributed by atoms with E-state index in [2.05, 4.69) is 41.5 Å². The molecule has 0 aromatic carbocycles. The summed E-state index contributed by atoms with van der Waals surface area (Å²) >= 11 is 12.7. The van der Waals surface area contributed by atoms with Gasteiger partial charge in [-0.3, -0.25) is 0 Å². The van der Waals surface area contributed by atoms with Gasteiger partial charge >= 0.3 is 0 Å². The Kier molecular flexibility index (Phi) is 5.64. The maximum Gasteiger partial charge on any atom is 0.0253 e. The molecule has 0 radical (unpaired) electrons. The van der Waals surface area contributed by atoms with Crippen molar-refractivity contribution in [2.24, 2.45) is 5.41 Å². The van der Waals surface area contributed by atoms with Gasteiger partial charge in [0.1, 0.15) is 0 Å². The number of halogens is 2. The average Bonchev–Trinajstić information content (AvgIpc) is 2.75. The number of rotatable bonds is 2. The Hall–Kier alpha value is 0.254. The van der Waals surface area contributed by atoms with Crippen LogP contribution >= 0.6 is 23.2 Å². The van der Waals surface area contributed by atoms with Crippen molar-refractivity contribution in [3.63, 3.8) is 0 Å². The molecule has 108 valence electrons. The Morgan fingerprint density at radius 2 is 1.00 bits per heavy atom. The summed E-state index contributed by atoms with van der Waals surface area (Å²) in [6.07, 6.45) is 1.78. The fourth-order valence-corrected chi connectivity index (χ4v) is 3.81. The van der Waals surface area contributed by atoms with Crippen LogP contribution in [0.5, 0.6) is 0 Å². The van der Waals surface area contributed by atoms with Gasteiger partial charge in [0, 0.05) is 50.0 Å². The molecule has 0 N–H and O–H groups in total. The van der Waals surface area contributed by atoms with Gasteiger partial charge in [-0.15, -0.1) is 0 Å². The van der Waals surface area contributed by atoms with Crippen molar-refractivity contribution in [2.45, 2.75) is 54.4 Å². The van der Waals surface area contributed by atoms with E-state index in [-0.39, 0.29) is 27.1 Å². The average molecular weight is 345 g/mol.